The van der Waals surface area contributed by atoms with Crippen LogP contribution in [0.3, 0.4) is 0 Å². The van der Waals surface area contributed by atoms with Crippen LogP contribution in [0, 0.1) is 0 Å². The summed E-state index contributed by atoms with van der Waals surface area (Å²) >= 11 is 6.18. The van der Waals surface area contributed by atoms with Gasteiger partial charge < -0.3 is 15.7 Å². The number of rotatable bonds is 6. The molecule has 7 nitrogen and oxygen atoms in total. The van der Waals surface area contributed by atoms with Crippen LogP contribution in [0.2, 0.25) is 5.02 Å². The van der Waals surface area contributed by atoms with Gasteiger partial charge in [0.25, 0.3) is 0 Å². The normalized spacial score (nSPS) is 10.5. The maximum atomic E-state index is 8.94. The summed E-state index contributed by atoms with van der Waals surface area (Å²) in [6.45, 7) is 0.933. The van der Waals surface area contributed by atoms with E-state index in [2.05, 4.69) is 25.7 Å². The van der Waals surface area contributed by atoms with Crippen molar-refractivity contribution in [3.05, 3.63) is 41.0 Å². The number of nitrogens with zero attached hydrogens (tertiary/aromatic N) is 4. The molecule has 0 unspecified atom stereocenters. The zero-order chi connectivity index (χ0) is 16.2. The number of nitrogens with one attached hydrogen (secondary N) is 2. The summed E-state index contributed by atoms with van der Waals surface area (Å²) in [6.07, 6.45) is 1.72. The predicted octanol–water partition coefficient (Wildman–Crippen LogP) is 2.45. The van der Waals surface area contributed by atoms with Gasteiger partial charge in [-0.25, -0.2) is 0 Å². The number of aliphatic hydroxyl groups is 1. The van der Waals surface area contributed by atoms with E-state index in [-0.39, 0.29) is 19.0 Å². The molecule has 0 saturated carbocycles. The molecule has 24 heavy (non-hydrogen) atoms. The highest BCUT2D eigenvalue weighted by Crippen LogP contribution is 2.23. The van der Waals surface area contributed by atoms with Crippen molar-refractivity contribution in [2.75, 3.05) is 23.8 Å². The molecule has 0 spiro atoms. The third kappa shape index (κ3) is 3.87. The second kappa shape index (κ2) is 8.14. The quantitative estimate of drug-likeness (QED) is 0.619. The molecule has 0 bridgehead atoms. The van der Waals surface area contributed by atoms with Crippen LogP contribution in [0.25, 0.3) is 11.0 Å². The lowest BCUT2D eigenvalue weighted by Crippen LogP contribution is -2.11. The van der Waals surface area contributed by atoms with E-state index in [1.54, 1.807) is 10.9 Å². The van der Waals surface area contributed by atoms with Crippen LogP contribution in [-0.4, -0.2) is 38.0 Å². The molecule has 3 rings (SSSR count). The van der Waals surface area contributed by atoms with Crippen molar-refractivity contribution in [2.45, 2.75) is 6.54 Å². The zero-order valence-electron chi connectivity index (χ0n) is 13.0. The molecule has 0 aliphatic heterocycles. The lowest BCUT2D eigenvalue weighted by molar-refractivity contribution is 0.311. The Morgan fingerprint density at radius 2 is 2.00 bits per heavy atom. The van der Waals surface area contributed by atoms with Crippen molar-refractivity contribution in [1.82, 2.24) is 19.7 Å². The standard InChI is InChI=1S/C15H17ClN6O.ClH/c1-22-14-11(9-19-22)13(20-15(21-14)17-6-7-23)18-8-10-4-2-3-5-12(10)16;/h2-5,9,23H,6-8H2,1H3,(H2,17,18,20,21);1H. The average molecular weight is 369 g/mol. The third-order valence-corrected chi connectivity index (χ3v) is 3.76. The Hall–Kier alpha value is -2.09. The smallest absolute Gasteiger partial charge is 0.226 e. The molecule has 0 saturated heterocycles. The molecule has 0 aliphatic rings. The fraction of sp³-hybridized carbons (Fsp3) is 0.267. The summed E-state index contributed by atoms with van der Waals surface area (Å²) < 4.78 is 1.68. The van der Waals surface area contributed by atoms with Gasteiger partial charge in [0.1, 0.15) is 5.82 Å². The largest absolute Gasteiger partial charge is 0.395 e. The molecule has 0 atom stereocenters. The van der Waals surface area contributed by atoms with E-state index in [0.29, 0.717) is 35.5 Å². The summed E-state index contributed by atoms with van der Waals surface area (Å²) in [7, 11) is 1.82. The number of aliphatic hydroxyl groups excluding tert-OH is 1. The van der Waals surface area contributed by atoms with Crippen LogP contribution in [0.5, 0.6) is 0 Å². The molecule has 3 N–H and O–H groups in total. The first kappa shape index (κ1) is 18.3. The maximum Gasteiger partial charge on any atom is 0.226 e. The van der Waals surface area contributed by atoms with E-state index < -0.39 is 0 Å². The highest BCUT2D eigenvalue weighted by Gasteiger charge is 2.11. The highest BCUT2D eigenvalue weighted by atomic mass is 35.5. The minimum absolute atomic E-state index is 0. The number of aromatic nitrogens is 4. The van der Waals surface area contributed by atoms with Crippen molar-refractivity contribution in [1.29, 1.82) is 0 Å². The maximum absolute atomic E-state index is 8.94. The van der Waals surface area contributed by atoms with Crippen molar-refractivity contribution < 1.29 is 5.11 Å². The number of halogens is 2. The second-order valence-electron chi connectivity index (χ2n) is 5.00. The van der Waals surface area contributed by atoms with Gasteiger partial charge in [0.2, 0.25) is 5.95 Å². The lowest BCUT2D eigenvalue weighted by Gasteiger charge is -2.10. The van der Waals surface area contributed by atoms with E-state index >= 15 is 0 Å². The van der Waals surface area contributed by atoms with Crippen molar-refractivity contribution in [3.63, 3.8) is 0 Å². The van der Waals surface area contributed by atoms with E-state index in [9.17, 15) is 0 Å². The molecule has 2 aromatic heterocycles. The van der Waals surface area contributed by atoms with Crippen LogP contribution >= 0.6 is 24.0 Å². The predicted molar refractivity (Wildman–Crippen MR) is 97.9 cm³/mol. The number of aryl methyl sites for hydroxylation is 1. The van der Waals surface area contributed by atoms with Gasteiger partial charge in [0, 0.05) is 25.2 Å². The zero-order valence-corrected chi connectivity index (χ0v) is 14.6. The van der Waals surface area contributed by atoms with E-state index in [1.807, 2.05) is 31.3 Å². The molecular formula is C15H18Cl2N6O. The first-order valence-corrected chi connectivity index (χ1v) is 7.58. The summed E-state index contributed by atoms with van der Waals surface area (Å²) in [6, 6.07) is 7.65. The van der Waals surface area contributed by atoms with Gasteiger partial charge in [-0.3, -0.25) is 4.68 Å². The summed E-state index contributed by atoms with van der Waals surface area (Å²) in [5, 5.41) is 21.0. The average Bonchev–Trinajstić information content (AvgIpc) is 2.93. The summed E-state index contributed by atoms with van der Waals surface area (Å²) in [4.78, 5) is 8.86. The van der Waals surface area contributed by atoms with Crippen molar-refractivity contribution in [2.24, 2.45) is 7.05 Å². The minimum Gasteiger partial charge on any atom is -0.395 e. The fourth-order valence-corrected chi connectivity index (χ4v) is 2.43. The van der Waals surface area contributed by atoms with Gasteiger partial charge in [-0.05, 0) is 11.6 Å². The molecule has 0 radical (unpaired) electrons. The molecule has 0 aliphatic carbocycles. The van der Waals surface area contributed by atoms with E-state index in [1.165, 1.54) is 0 Å². The van der Waals surface area contributed by atoms with Gasteiger partial charge in [-0.2, -0.15) is 15.1 Å². The number of hydrogen-bond acceptors (Lipinski definition) is 6. The molecule has 9 heteroatoms. The first-order chi connectivity index (χ1) is 11.2. The molecular weight excluding hydrogens is 351 g/mol. The molecule has 2 heterocycles. The Morgan fingerprint density at radius 3 is 2.75 bits per heavy atom. The number of anilines is 2. The fourth-order valence-electron chi connectivity index (χ4n) is 2.22. The highest BCUT2D eigenvalue weighted by molar-refractivity contribution is 6.31. The molecule has 128 valence electrons. The molecule has 3 aromatic rings. The van der Waals surface area contributed by atoms with Crippen LogP contribution in [0.4, 0.5) is 11.8 Å². The van der Waals surface area contributed by atoms with E-state index in [4.69, 9.17) is 16.7 Å². The van der Waals surface area contributed by atoms with Gasteiger partial charge >= 0.3 is 0 Å². The van der Waals surface area contributed by atoms with Crippen LogP contribution in [0.1, 0.15) is 5.56 Å². The van der Waals surface area contributed by atoms with Crippen LogP contribution < -0.4 is 10.6 Å². The Morgan fingerprint density at radius 1 is 1.21 bits per heavy atom. The second-order valence-corrected chi connectivity index (χ2v) is 5.40. The van der Waals surface area contributed by atoms with Crippen LogP contribution in [-0.2, 0) is 13.6 Å². The SMILES string of the molecule is Cl.Cn1ncc2c(NCc3ccccc3Cl)nc(NCCO)nc21. The summed E-state index contributed by atoms with van der Waals surface area (Å²) in [5.74, 6) is 1.11. The lowest BCUT2D eigenvalue weighted by atomic mass is 10.2. The third-order valence-electron chi connectivity index (χ3n) is 3.39. The van der Waals surface area contributed by atoms with Gasteiger partial charge in [-0.1, -0.05) is 29.8 Å². The topological polar surface area (TPSA) is 87.9 Å². The Balaban J connectivity index is 0.00000208. The Labute approximate surface area is 150 Å². The first-order valence-electron chi connectivity index (χ1n) is 7.21. The number of fused-ring (bicyclic) bond motifs is 1. The van der Waals surface area contributed by atoms with Crippen LogP contribution in [0.15, 0.2) is 30.5 Å². The van der Waals surface area contributed by atoms with E-state index in [0.717, 1.165) is 10.9 Å². The van der Waals surface area contributed by atoms with Gasteiger partial charge in [-0.15, -0.1) is 12.4 Å². The van der Waals surface area contributed by atoms with Crippen molar-refractivity contribution in [3.8, 4) is 0 Å². The summed E-state index contributed by atoms with van der Waals surface area (Å²) in [5.41, 5.74) is 1.69. The molecule has 0 fully saturated rings. The molecule has 0 amide bonds. The molecule has 1 aromatic carbocycles. The van der Waals surface area contributed by atoms with Gasteiger partial charge in [0.15, 0.2) is 5.65 Å². The number of benzene rings is 1. The monoisotopic (exact) mass is 368 g/mol. The van der Waals surface area contributed by atoms with Gasteiger partial charge in [0.05, 0.1) is 18.2 Å². The minimum atomic E-state index is 0. The Bertz CT molecular complexity index is 823. The van der Waals surface area contributed by atoms with Crippen molar-refractivity contribution >= 4 is 46.8 Å². The number of hydrogen-bond donors (Lipinski definition) is 3. The Kier molecular flexibility index (Phi) is 6.19.